The van der Waals surface area contributed by atoms with Gasteiger partial charge in [0.1, 0.15) is 0 Å². The van der Waals surface area contributed by atoms with Gasteiger partial charge in [-0.3, -0.25) is 4.79 Å². The van der Waals surface area contributed by atoms with E-state index in [1.807, 2.05) is 37.3 Å². The largest absolute Gasteiger partial charge is 0.462 e. The number of unbranched alkanes of at least 4 members (excludes halogenated alkanes) is 1. The van der Waals surface area contributed by atoms with E-state index in [0.29, 0.717) is 24.3 Å². The van der Waals surface area contributed by atoms with Crippen molar-refractivity contribution in [3.05, 3.63) is 65.7 Å². The molecule has 0 heterocycles. The Labute approximate surface area is 148 Å². The second-order valence-electron chi connectivity index (χ2n) is 5.94. The van der Waals surface area contributed by atoms with Gasteiger partial charge in [-0.25, -0.2) is 4.79 Å². The fourth-order valence-corrected chi connectivity index (χ4v) is 2.32. The molecular weight excluding hydrogens is 316 g/mol. The zero-order valence-corrected chi connectivity index (χ0v) is 14.5. The number of esters is 1. The number of hydrogen-bond acceptors (Lipinski definition) is 3. The van der Waals surface area contributed by atoms with Gasteiger partial charge in [-0.15, -0.1) is 0 Å². The van der Waals surface area contributed by atoms with E-state index in [-0.39, 0.29) is 17.9 Å². The van der Waals surface area contributed by atoms with Crippen molar-refractivity contribution in [2.45, 2.75) is 32.2 Å². The van der Waals surface area contributed by atoms with E-state index in [0.717, 1.165) is 18.4 Å². The topological polar surface area (TPSA) is 83.0 Å². The molecule has 2 aromatic rings. The Balaban J connectivity index is 1.87. The number of quaternary nitrogens is 1. The van der Waals surface area contributed by atoms with Crippen LogP contribution in [0.3, 0.4) is 0 Å². The maximum Gasteiger partial charge on any atom is 0.338 e. The van der Waals surface area contributed by atoms with Crippen LogP contribution in [0.1, 0.15) is 35.7 Å². The van der Waals surface area contributed by atoms with Gasteiger partial charge >= 0.3 is 5.97 Å². The second-order valence-corrected chi connectivity index (χ2v) is 5.94. The summed E-state index contributed by atoms with van der Waals surface area (Å²) in [7, 11) is 0. The first kappa shape index (κ1) is 18.7. The number of nitrogens with one attached hydrogen (secondary N) is 1. The lowest BCUT2D eigenvalue weighted by Gasteiger charge is -2.10. The number of rotatable bonds is 8. The molecule has 0 unspecified atom stereocenters. The van der Waals surface area contributed by atoms with Gasteiger partial charge in [0, 0.05) is 12.1 Å². The molecule has 0 spiro atoms. The molecular formula is C20H25N2O3+. The number of hydrogen-bond donors (Lipinski definition) is 2. The lowest BCUT2D eigenvalue weighted by atomic mass is 10.1. The van der Waals surface area contributed by atoms with Gasteiger partial charge in [0.2, 0.25) is 0 Å². The quantitative estimate of drug-likeness (QED) is 0.571. The van der Waals surface area contributed by atoms with E-state index in [2.05, 4.69) is 11.1 Å². The molecule has 25 heavy (non-hydrogen) atoms. The molecule has 0 aliphatic rings. The summed E-state index contributed by atoms with van der Waals surface area (Å²) in [5, 5.41) is 2.83. The van der Waals surface area contributed by atoms with Crippen molar-refractivity contribution < 1.29 is 20.1 Å². The zero-order chi connectivity index (χ0) is 18.1. The van der Waals surface area contributed by atoms with Gasteiger partial charge in [-0.05, 0) is 36.2 Å². The van der Waals surface area contributed by atoms with Crippen LogP contribution in [0.4, 0.5) is 5.69 Å². The van der Waals surface area contributed by atoms with Crippen molar-refractivity contribution in [1.29, 1.82) is 0 Å². The maximum absolute atomic E-state index is 12.2. The van der Waals surface area contributed by atoms with Crippen LogP contribution < -0.4 is 11.1 Å². The van der Waals surface area contributed by atoms with Crippen molar-refractivity contribution in [2.75, 3.05) is 11.9 Å². The fraction of sp³-hybridized carbons (Fsp3) is 0.300. The Morgan fingerprint density at radius 3 is 2.40 bits per heavy atom. The minimum absolute atomic E-state index is 0.151. The van der Waals surface area contributed by atoms with Crippen molar-refractivity contribution in [2.24, 2.45) is 0 Å². The van der Waals surface area contributed by atoms with Crippen LogP contribution in [-0.4, -0.2) is 24.5 Å². The summed E-state index contributed by atoms with van der Waals surface area (Å²) in [6.45, 7) is 2.47. The normalized spacial score (nSPS) is 11.6. The molecule has 0 aliphatic carbocycles. The summed E-state index contributed by atoms with van der Waals surface area (Å²) >= 11 is 0. The second kappa shape index (κ2) is 9.59. The Morgan fingerprint density at radius 2 is 1.76 bits per heavy atom. The summed E-state index contributed by atoms with van der Waals surface area (Å²) in [5.74, 6) is -0.493. The highest BCUT2D eigenvalue weighted by molar-refractivity contribution is 5.95. The maximum atomic E-state index is 12.2. The van der Waals surface area contributed by atoms with Gasteiger partial charge in [0.15, 0.2) is 6.04 Å². The average molecular weight is 341 g/mol. The van der Waals surface area contributed by atoms with E-state index in [1.54, 1.807) is 24.3 Å². The number of benzene rings is 2. The fourth-order valence-electron chi connectivity index (χ4n) is 2.32. The van der Waals surface area contributed by atoms with Crippen LogP contribution in [0.15, 0.2) is 54.6 Å². The lowest BCUT2D eigenvalue weighted by Crippen LogP contribution is -2.67. The minimum atomic E-state index is -0.388. The van der Waals surface area contributed by atoms with E-state index in [1.165, 1.54) is 0 Å². The first-order valence-corrected chi connectivity index (χ1v) is 8.55. The van der Waals surface area contributed by atoms with Crippen LogP contribution in [0, 0.1) is 0 Å². The molecule has 0 fully saturated rings. The molecule has 0 saturated carbocycles. The number of anilines is 1. The predicted molar refractivity (Wildman–Crippen MR) is 97.1 cm³/mol. The van der Waals surface area contributed by atoms with Gasteiger partial charge in [-0.2, -0.15) is 0 Å². The van der Waals surface area contributed by atoms with Gasteiger partial charge in [-0.1, -0.05) is 43.7 Å². The molecule has 1 atom stereocenters. The molecule has 132 valence electrons. The van der Waals surface area contributed by atoms with E-state index in [9.17, 15) is 9.59 Å². The van der Waals surface area contributed by atoms with Gasteiger partial charge in [0.05, 0.1) is 12.2 Å². The Bertz CT molecular complexity index is 684. The molecule has 0 aromatic heterocycles. The molecule has 1 amide bonds. The molecule has 0 radical (unpaired) electrons. The lowest BCUT2D eigenvalue weighted by molar-refractivity contribution is -0.402. The first-order chi connectivity index (χ1) is 12.1. The SMILES string of the molecule is CCCCOC(=O)c1ccc(NC(=O)[C@H]([NH3+])Cc2ccccc2)cc1. The summed E-state index contributed by atoms with van der Waals surface area (Å²) in [6.07, 6.45) is 2.41. The monoisotopic (exact) mass is 341 g/mol. The standard InChI is InChI=1S/C20H24N2O3/c1-2-3-13-25-20(24)16-9-11-17(12-10-16)22-19(23)18(21)14-15-7-5-4-6-8-15/h4-12,18H,2-3,13-14,21H2,1H3,(H,22,23)/p+1/t18-/m1/s1. The zero-order valence-electron chi connectivity index (χ0n) is 14.5. The van der Waals surface area contributed by atoms with Crippen LogP contribution in [0.25, 0.3) is 0 Å². The predicted octanol–water partition coefficient (Wildman–Crippen LogP) is 2.44. The molecule has 2 aromatic carbocycles. The molecule has 2 rings (SSSR count). The van der Waals surface area contributed by atoms with Gasteiger partial charge in [0.25, 0.3) is 5.91 Å². The van der Waals surface area contributed by atoms with E-state index < -0.39 is 0 Å². The number of carbonyl (C=O) groups excluding carboxylic acids is 2. The van der Waals surface area contributed by atoms with Gasteiger partial charge < -0.3 is 15.8 Å². The summed E-state index contributed by atoms with van der Waals surface area (Å²) in [6, 6.07) is 16.1. The number of ether oxygens (including phenoxy) is 1. The highest BCUT2D eigenvalue weighted by Gasteiger charge is 2.18. The smallest absolute Gasteiger partial charge is 0.338 e. The summed E-state index contributed by atoms with van der Waals surface area (Å²) in [5.41, 5.74) is 6.12. The summed E-state index contributed by atoms with van der Waals surface area (Å²) < 4.78 is 5.16. The van der Waals surface area contributed by atoms with Crippen molar-refractivity contribution in [1.82, 2.24) is 0 Å². The van der Waals surface area contributed by atoms with E-state index >= 15 is 0 Å². The highest BCUT2D eigenvalue weighted by atomic mass is 16.5. The first-order valence-electron chi connectivity index (χ1n) is 8.55. The molecule has 0 bridgehead atoms. The van der Waals surface area contributed by atoms with Crippen molar-refractivity contribution >= 4 is 17.6 Å². The molecule has 4 N–H and O–H groups in total. The van der Waals surface area contributed by atoms with Crippen LogP contribution in [0.2, 0.25) is 0 Å². The van der Waals surface area contributed by atoms with Crippen molar-refractivity contribution in [3.8, 4) is 0 Å². The number of carbonyl (C=O) groups is 2. The van der Waals surface area contributed by atoms with Crippen LogP contribution >= 0.6 is 0 Å². The summed E-state index contributed by atoms with van der Waals surface area (Å²) in [4.78, 5) is 24.1. The Morgan fingerprint density at radius 1 is 1.08 bits per heavy atom. The van der Waals surface area contributed by atoms with Crippen molar-refractivity contribution in [3.63, 3.8) is 0 Å². The van der Waals surface area contributed by atoms with Crippen LogP contribution in [0.5, 0.6) is 0 Å². The molecule has 5 nitrogen and oxygen atoms in total. The minimum Gasteiger partial charge on any atom is -0.462 e. The Kier molecular flexibility index (Phi) is 7.16. The van der Waals surface area contributed by atoms with Crippen LogP contribution in [-0.2, 0) is 16.0 Å². The Hall–Kier alpha value is -2.66. The average Bonchev–Trinajstić information content (AvgIpc) is 2.63. The van der Waals surface area contributed by atoms with E-state index in [4.69, 9.17) is 4.74 Å². The third kappa shape index (κ3) is 6.04. The molecule has 0 saturated heterocycles. The molecule has 5 heteroatoms. The number of amides is 1. The third-order valence-electron chi connectivity index (χ3n) is 3.81. The molecule has 0 aliphatic heterocycles. The highest BCUT2D eigenvalue weighted by Crippen LogP contribution is 2.12. The third-order valence-corrected chi connectivity index (χ3v) is 3.81.